The maximum absolute atomic E-state index is 14.8. The van der Waals surface area contributed by atoms with Crippen molar-refractivity contribution < 1.29 is 53.9 Å². The standard InChI is InChI=1S/C49H67N9O11/c1-10-30(13-11-25(2)49(6,7)8)43-53-26(3)40(27(4)54-43)45(63)56-36(15-16-50)47(65)58(9)41-31-19-35(42(61)39(20-31)69-24-33(60)22-52)34-17-29(12-14-38(34)68-23-32(59)21-51)18-37(48(66)67)57-44(62)28(5)55-46(41)64/h10-14,17,19-20,28,32-33,36-37,41,59-61H,1,15-16,18,21-24,50-52H2,2-9H3,(H,55,64)(H,56,63)(H,57,62)(H,66,67)/b25-11+,30-13+/t28-,32+,33+,36-,37-,41-/m0/s1. The Bertz CT molecular complexity index is 2440. The number of phenols is 1. The van der Waals surface area contributed by atoms with Gasteiger partial charge in [0.25, 0.3) is 5.91 Å². The smallest absolute Gasteiger partial charge is 0.326 e. The second kappa shape index (κ2) is 24.0. The number of hydrogen-bond acceptors (Lipinski definition) is 15. The zero-order chi connectivity index (χ0) is 51.5. The zero-order valence-electron chi connectivity index (χ0n) is 40.5. The molecule has 0 fully saturated rings. The first kappa shape index (κ1) is 54.9. The number of likely N-dealkylation sites (N-methyl/N-ethyl adjacent to an activating group) is 1. The molecule has 0 saturated carbocycles. The molecule has 2 aromatic carbocycles. The Morgan fingerprint density at radius 1 is 0.942 bits per heavy atom. The Balaban J connectivity index is 1.90. The van der Waals surface area contributed by atoms with Crippen molar-refractivity contribution in [2.45, 2.75) is 97.7 Å². The minimum atomic E-state index is -1.66. The number of allylic oxidation sites excluding steroid dienone is 5. The number of nitrogens with zero attached hydrogens (tertiary/aromatic N) is 3. The number of phenolic OH excluding ortho intramolecular Hbond substituents is 1. The molecule has 0 radical (unpaired) electrons. The van der Waals surface area contributed by atoms with Gasteiger partial charge in [-0.1, -0.05) is 57.2 Å². The molecule has 1 aliphatic heterocycles. The summed E-state index contributed by atoms with van der Waals surface area (Å²) in [6, 6.07) is 1.28. The molecule has 4 amide bonds. The van der Waals surface area contributed by atoms with Gasteiger partial charge in [0.15, 0.2) is 17.3 Å². The monoisotopic (exact) mass is 957 g/mol. The molecule has 20 nitrogen and oxygen atoms in total. The molecule has 4 bridgehead atoms. The molecule has 4 rings (SSSR count). The normalized spacial score (nSPS) is 18.1. The number of aromatic hydroxyl groups is 1. The minimum absolute atomic E-state index is 0.00642. The van der Waals surface area contributed by atoms with E-state index in [4.69, 9.17) is 26.7 Å². The molecule has 0 aliphatic carbocycles. The molecule has 0 spiro atoms. The fraction of sp³-hybridized carbons (Fsp3) is 0.449. The Morgan fingerprint density at radius 2 is 1.55 bits per heavy atom. The van der Waals surface area contributed by atoms with E-state index in [0.29, 0.717) is 28.3 Å². The summed E-state index contributed by atoms with van der Waals surface area (Å²) in [7, 11) is 1.29. The van der Waals surface area contributed by atoms with Crippen LogP contribution in [0.2, 0.25) is 0 Å². The molecular weight excluding hydrogens is 891 g/mol. The van der Waals surface area contributed by atoms with E-state index < -0.39 is 78.3 Å². The lowest BCUT2D eigenvalue weighted by molar-refractivity contribution is -0.143. The summed E-state index contributed by atoms with van der Waals surface area (Å²) in [5.41, 5.74) is 20.1. The van der Waals surface area contributed by atoms with E-state index >= 15 is 0 Å². The first-order chi connectivity index (χ1) is 32.4. The van der Waals surface area contributed by atoms with Gasteiger partial charge in [-0.05, 0) is 81.5 Å². The van der Waals surface area contributed by atoms with Gasteiger partial charge in [0, 0.05) is 43.3 Å². The number of aromatic nitrogens is 2. The maximum atomic E-state index is 14.8. The largest absolute Gasteiger partial charge is 0.504 e. The Morgan fingerprint density at radius 3 is 2.10 bits per heavy atom. The highest BCUT2D eigenvalue weighted by Gasteiger charge is 2.37. The Kier molecular flexibility index (Phi) is 19.1. The summed E-state index contributed by atoms with van der Waals surface area (Å²) in [6.07, 6.45) is 2.77. The van der Waals surface area contributed by atoms with Crippen molar-refractivity contribution in [1.29, 1.82) is 0 Å². The van der Waals surface area contributed by atoms with Crippen LogP contribution in [0.3, 0.4) is 0 Å². The fourth-order valence-electron chi connectivity index (χ4n) is 7.19. The molecule has 20 heteroatoms. The molecule has 69 heavy (non-hydrogen) atoms. The summed E-state index contributed by atoms with van der Waals surface area (Å²) in [5.74, 6) is -5.07. The lowest BCUT2D eigenvalue weighted by Crippen LogP contribution is -2.55. The van der Waals surface area contributed by atoms with Gasteiger partial charge in [-0.2, -0.15) is 0 Å². The van der Waals surface area contributed by atoms with Crippen molar-refractivity contribution in [3.8, 4) is 28.4 Å². The topological polar surface area (TPSA) is 328 Å². The number of aliphatic carboxylic acids is 1. The van der Waals surface area contributed by atoms with Crippen LogP contribution in [-0.4, -0.2) is 135 Å². The van der Waals surface area contributed by atoms with Crippen molar-refractivity contribution in [1.82, 2.24) is 30.8 Å². The van der Waals surface area contributed by atoms with Gasteiger partial charge in [0.05, 0.1) is 17.0 Å². The van der Waals surface area contributed by atoms with Crippen LogP contribution in [0.5, 0.6) is 17.2 Å². The number of carboxylic acids is 1. The summed E-state index contributed by atoms with van der Waals surface area (Å²) in [4.78, 5) is 79.9. The van der Waals surface area contributed by atoms with Gasteiger partial charge in [-0.15, -0.1) is 0 Å². The zero-order valence-corrected chi connectivity index (χ0v) is 40.5. The van der Waals surface area contributed by atoms with E-state index in [1.165, 1.54) is 44.3 Å². The third kappa shape index (κ3) is 13.9. The van der Waals surface area contributed by atoms with E-state index in [1.807, 2.05) is 19.1 Å². The summed E-state index contributed by atoms with van der Waals surface area (Å²) in [6.45, 7) is 15.6. The summed E-state index contributed by atoms with van der Waals surface area (Å²) in [5, 5.41) is 50.5. The number of hydrogen-bond donors (Lipinski definition) is 10. The first-order valence-corrected chi connectivity index (χ1v) is 22.5. The van der Waals surface area contributed by atoms with Crippen molar-refractivity contribution >= 4 is 35.2 Å². The van der Waals surface area contributed by atoms with E-state index in [9.17, 15) is 44.4 Å². The third-order valence-electron chi connectivity index (χ3n) is 11.7. The fourth-order valence-corrected chi connectivity index (χ4v) is 7.19. The Hall–Kier alpha value is -6.71. The highest BCUT2D eigenvalue weighted by Crippen LogP contribution is 2.45. The number of benzene rings is 2. The number of carbonyl (C=O) groups excluding carboxylic acids is 4. The van der Waals surface area contributed by atoms with Gasteiger partial charge in [0.2, 0.25) is 17.7 Å². The average molecular weight is 958 g/mol. The number of carbonyl (C=O) groups is 5. The van der Waals surface area contributed by atoms with Crippen LogP contribution >= 0.6 is 0 Å². The number of aryl methyl sites for hydroxylation is 2. The van der Waals surface area contributed by atoms with Crippen LogP contribution in [0.25, 0.3) is 16.7 Å². The van der Waals surface area contributed by atoms with Gasteiger partial charge in [0.1, 0.15) is 55.3 Å². The first-order valence-electron chi connectivity index (χ1n) is 22.5. The predicted octanol–water partition coefficient (Wildman–Crippen LogP) is 1.70. The van der Waals surface area contributed by atoms with Gasteiger partial charge < -0.3 is 68.0 Å². The van der Waals surface area contributed by atoms with Crippen LogP contribution in [0, 0.1) is 19.3 Å². The van der Waals surface area contributed by atoms with E-state index in [0.717, 1.165) is 10.5 Å². The highest BCUT2D eigenvalue weighted by atomic mass is 16.5. The predicted molar refractivity (Wildman–Crippen MR) is 259 cm³/mol. The quantitative estimate of drug-likeness (QED) is 0.0812. The third-order valence-corrected chi connectivity index (χ3v) is 11.7. The van der Waals surface area contributed by atoms with Crippen LogP contribution in [0.15, 0.2) is 60.7 Å². The number of rotatable bonds is 18. The number of amides is 4. The van der Waals surface area contributed by atoms with Crippen molar-refractivity contribution in [3.63, 3.8) is 0 Å². The molecule has 2 heterocycles. The minimum Gasteiger partial charge on any atom is -0.504 e. The van der Waals surface area contributed by atoms with E-state index in [-0.39, 0.29) is 78.3 Å². The molecule has 1 aromatic heterocycles. The number of fused-ring (bicyclic) bond motifs is 5. The molecule has 0 unspecified atom stereocenters. The lowest BCUT2D eigenvalue weighted by atomic mass is 9.87. The molecular formula is C49H67N9O11. The van der Waals surface area contributed by atoms with Crippen molar-refractivity contribution in [2.24, 2.45) is 22.6 Å². The molecule has 3 aromatic rings. The van der Waals surface area contributed by atoms with Crippen LogP contribution in [-0.2, 0) is 25.6 Å². The molecule has 13 N–H and O–H groups in total. The number of nitrogens with two attached hydrogens (primary N) is 3. The maximum Gasteiger partial charge on any atom is 0.326 e. The van der Waals surface area contributed by atoms with E-state index in [2.05, 4.69) is 53.3 Å². The molecule has 6 atom stereocenters. The summed E-state index contributed by atoms with van der Waals surface area (Å²) < 4.78 is 11.8. The number of nitrogens with one attached hydrogen (secondary N) is 3. The molecule has 0 saturated heterocycles. The highest BCUT2D eigenvalue weighted by molar-refractivity contribution is 6.00. The SMILES string of the molecule is C=C/C(=C\C=C(/C)C(C)(C)C)c1nc(C)c(C(=O)N[C@@H](CCN)C(=O)N(C)[C@@H]2C(=O)N[C@@H](C)C(=O)N[C@H](C(=O)O)Cc3ccc(OC[C@H](O)CN)c(c3)-c3cc2cc(OC[C@H](O)CN)c3O)c(C)n1. The number of ether oxygens (including phenoxy) is 2. The lowest BCUT2D eigenvalue weighted by Gasteiger charge is -2.33. The van der Waals surface area contributed by atoms with Crippen LogP contribution < -0.4 is 42.6 Å². The molecule has 374 valence electrons. The van der Waals surface area contributed by atoms with Gasteiger partial charge >= 0.3 is 5.97 Å². The van der Waals surface area contributed by atoms with Gasteiger partial charge in [-0.3, -0.25) is 19.2 Å². The van der Waals surface area contributed by atoms with E-state index in [1.54, 1.807) is 19.9 Å². The Labute approximate surface area is 402 Å². The second-order valence-corrected chi connectivity index (χ2v) is 18.0. The second-order valence-electron chi connectivity index (χ2n) is 18.0. The number of aliphatic hydroxyl groups excluding tert-OH is 2. The van der Waals surface area contributed by atoms with Crippen molar-refractivity contribution in [3.05, 3.63) is 94.6 Å². The number of carboxylic acid groups (broad SMARTS) is 1. The van der Waals surface area contributed by atoms with Crippen LogP contribution in [0.4, 0.5) is 0 Å². The summed E-state index contributed by atoms with van der Waals surface area (Å²) >= 11 is 0. The van der Waals surface area contributed by atoms with Crippen molar-refractivity contribution in [2.75, 3.05) is 39.9 Å². The average Bonchev–Trinajstić information content (AvgIpc) is 3.29. The van der Waals surface area contributed by atoms with Gasteiger partial charge in [-0.25, -0.2) is 14.8 Å². The van der Waals surface area contributed by atoms with Crippen LogP contribution in [0.1, 0.15) is 85.8 Å². The molecule has 1 aliphatic rings. The number of aliphatic hydroxyl groups is 2.